The first-order chi connectivity index (χ1) is 14.9. The van der Waals surface area contributed by atoms with Crippen molar-refractivity contribution in [1.82, 2.24) is 10.8 Å². The van der Waals surface area contributed by atoms with Crippen LogP contribution < -0.4 is 15.5 Å². The van der Waals surface area contributed by atoms with Gasteiger partial charge in [0, 0.05) is 4.47 Å². The Balaban J connectivity index is 1.77. The molecule has 0 unspecified atom stereocenters. The van der Waals surface area contributed by atoms with Gasteiger partial charge in [0.05, 0.1) is 11.4 Å². The molecule has 2 N–H and O–H groups in total. The third-order valence-electron chi connectivity index (χ3n) is 5.11. The molecule has 31 heavy (non-hydrogen) atoms. The van der Waals surface area contributed by atoms with Gasteiger partial charge >= 0.3 is 5.97 Å². The molecular weight excluding hydrogens is 484 g/mol. The molecule has 164 valence electrons. The highest BCUT2D eigenvalue weighted by Crippen LogP contribution is 2.35. The lowest BCUT2D eigenvalue weighted by molar-refractivity contribution is -0.155. The van der Waals surface area contributed by atoms with Crippen LogP contribution in [0.2, 0.25) is 0 Å². The summed E-state index contributed by atoms with van der Waals surface area (Å²) in [7, 11) is -4.02. The largest absolute Gasteiger partial charge is 0.481 e. The van der Waals surface area contributed by atoms with Crippen LogP contribution in [0.3, 0.4) is 0 Å². The number of carbonyl (C=O) groups excluding carboxylic acids is 1. The third-order valence-corrected chi connectivity index (χ3v) is 8.13. The number of sulfone groups is 1. The normalized spacial score (nSPS) is 15.6. The van der Waals surface area contributed by atoms with Crippen LogP contribution in [0.1, 0.15) is 18.4 Å². The summed E-state index contributed by atoms with van der Waals surface area (Å²) < 4.78 is 31.6. The van der Waals surface area contributed by atoms with Crippen molar-refractivity contribution < 1.29 is 22.8 Å². The van der Waals surface area contributed by atoms with Crippen LogP contribution in [-0.2, 0) is 26.0 Å². The number of terminal acetylenes is 1. The number of hydroxylamine groups is 1. The predicted octanol–water partition coefficient (Wildman–Crippen LogP) is 2.61. The molecule has 0 radical (unpaired) electrons. The first-order valence-corrected chi connectivity index (χ1v) is 12.0. The Morgan fingerprint density at radius 1 is 1.13 bits per heavy atom. The summed E-state index contributed by atoms with van der Waals surface area (Å²) in [4.78, 5) is 18.3. The van der Waals surface area contributed by atoms with Crippen LogP contribution in [0, 0.1) is 12.3 Å². The number of hydrogen-bond donors (Lipinski definition) is 2. The molecule has 1 saturated heterocycles. The van der Waals surface area contributed by atoms with Crippen molar-refractivity contribution in [3.8, 4) is 18.1 Å². The lowest BCUT2D eigenvalue weighted by atomic mass is 9.97. The molecule has 0 spiro atoms. The van der Waals surface area contributed by atoms with Gasteiger partial charge in [0.2, 0.25) is 0 Å². The van der Waals surface area contributed by atoms with Crippen molar-refractivity contribution in [3.05, 3.63) is 58.6 Å². The number of hydrogen-bond acceptors (Lipinski definition) is 7. The van der Waals surface area contributed by atoms with Crippen molar-refractivity contribution >= 4 is 31.7 Å². The van der Waals surface area contributed by atoms with Gasteiger partial charge in [0.25, 0.3) is 0 Å². The van der Waals surface area contributed by atoms with Crippen LogP contribution in [0.4, 0.5) is 0 Å². The van der Waals surface area contributed by atoms with E-state index in [1.807, 2.05) is 24.3 Å². The van der Waals surface area contributed by atoms with E-state index in [0.717, 1.165) is 10.0 Å². The SMILES string of the molecule is C#CCOc1ccc(S(=O)(=O)C2(C(=O)ONCc3ccc(Br)cc3)CCNCC2)cc1. The number of rotatable bonds is 8. The van der Waals surface area contributed by atoms with Gasteiger partial charge in [-0.1, -0.05) is 34.0 Å². The lowest BCUT2D eigenvalue weighted by Gasteiger charge is -2.34. The summed E-state index contributed by atoms with van der Waals surface area (Å²) in [6.07, 6.45) is 5.40. The molecule has 0 bridgehead atoms. The van der Waals surface area contributed by atoms with Crippen molar-refractivity contribution in [2.24, 2.45) is 0 Å². The first-order valence-electron chi connectivity index (χ1n) is 9.69. The number of piperidine rings is 1. The van der Waals surface area contributed by atoms with Crippen molar-refractivity contribution in [2.45, 2.75) is 29.0 Å². The van der Waals surface area contributed by atoms with Crippen molar-refractivity contribution in [1.29, 1.82) is 0 Å². The average Bonchev–Trinajstić information content (AvgIpc) is 2.79. The molecule has 9 heteroatoms. The van der Waals surface area contributed by atoms with Gasteiger partial charge in [-0.25, -0.2) is 13.2 Å². The number of halogens is 1. The molecule has 0 aliphatic carbocycles. The van der Waals surface area contributed by atoms with Crippen LogP contribution in [0.15, 0.2) is 57.9 Å². The van der Waals surface area contributed by atoms with Crippen LogP contribution in [0.25, 0.3) is 0 Å². The van der Waals surface area contributed by atoms with E-state index >= 15 is 0 Å². The minimum atomic E-state index is -4.02. The van der Waals surface area contributed by atoms with Gasteiger partial charge in [-0.05, 0) is 67.9 Å². The van der Waals surface area contributed by atoms with Gasteiger partial charge in [-0.3, -0.25) is 0 Å². The molecule has 1 aliphatic heterocycles. The summed E-state index contributed by atoms with van der Waals surface area (Å²) in [5, 5.41) is 3.10. The van der Waals surface area contributed by atoms with E-state index in [2.05, 4.69) is 32.6 Å². The summed E-state index contributed by atoms with van der Waals surface area (Å²) in [6, 6.07) is 13.4. The quantitative estimate of drug-likeness (QED) is 0.419. The molecule has 0 aromatic heterocycles. The highest BCUT2D eigenvalue weighted by atomic mass is 79.9. The van der Waals surface area contributed by atoms with E-state index in [1.165, 1.54) is 24.3 Å². The van der Waals surface area contributed by atoms with Gasteiger partial charge in [-0.15, -0.1) is 11.9 Å². The molecule has 1 heterocycles. The van der Waals surface area contributed by atoms with Crippen molar-refractivity contribution in [2.75, 3.05) is 19.7 Å². The van der Waals surface area contributed by atoms with Crippen molar-refractivity contribution in [3.63, 3.8) is 0 Å². The molecular formula is C22H23BrN2O5S. The number of nitrogens with one attached hydrogen (secondary N) is 2. The van der Waals surface area contributed by atoms with Gasteiger partial charge in [-0.2, -0.15) is 0 Å². The van der Waals surface area contributed by atoms with Gasteiger partial charge < -0.3 is 14.9 Å². The Bertz CT molecular complexity index is 1040. The summed E-state index contributed by atoms with van der Waals surface area (Å²) >= 11 is 3.36. The highest BCUT2D eigenvalue weighted by molar-refractivity contribution is 9.10. The Hall–Kier alpha value is -2.38. The average molecular weight is 507 g/mol. The predicted molar refractivity (Wildman–Crippen MR) is 120 cm³/mol. The van der Waals surface area contributed by atoms with Gasteiger partial charge in [0.1, 0.15) is 12.4 Å². The maximum atomic E-state index is 13.5. The Morgan fingerprint density at radius 2 is 1.77 bits per heavy atom. The van der Waals surface area contributed by atoms with Crippen LogP contribution >= 0.6 is 15.9 Å². The first kappa shape index (κ1) is 23.3. The number of ether oxygens (including phenoxy) is 1. The smallest absolute Gasteiger partial charge is 0.346 e. The highest BCUT2D eigenvalue weighted by Gasteiger charge is 2.53. The fraction of sp³-hybridized carbons (Fsp3) is 0.318. The maximum absolute atomic E-state index is 13.5. The number of benzene rings is 2. The fourth-order valence-electron chi connectivity index (χ4n) is 3.36. The monoisotopic (exact) mass is 506 g/mol. The topological polar surface area (TPSA) is 93.7 Å². The van der Waals surface area contributed by atoms with Crippen LogP contribution in [-0.4, -0.2) is 38.8 Å². The zero-order valence-corrected chi connectivity index (χ0v) is 19.2. The molecule has 1 fully saturated rings. The minimum Gasteiger partial charge on any atom is -0.481 e. The van der Waals surface area contributed by atoms with Gasteiger partial charge in [0.15, 0.2) is 14.6 Å². The standard InChI is InChI=1S/C22H23BrN2O5S/c1-2-15-29-19-7-9-20(10-8-19)31(27,28)22(11-13-24-14-12-22)21(26)30-25-16-17-3-5-18(23)6-4-17/h1,3-10,24-25H,11-16H2. The molecule has 0 amide bonds. The minimum absolute atomic E-state index is 0.0346. The van der Waals surface area contributed by atoms with E-state index in [1.54, 1.807) is 0 Å². The Kier molecular flexibility index (Phi) is 7.73. The van der Waals surface area contributed by atoms with E-state index in [-0.39, 0.29) is 30.9 Å². The fourth-order valence-corrected chi connectivity index (χ4v) is 5.57. The maximum Gasteiger partial charge on any atom is 0.346 e. The molecule has 7 nitrogen and oxygen atoms in total. The van der Waals surface area contributed by atoms with E-state index in [9.17, 15) is 13.2 Å². The zero-order chi connectivity index (χ0) is 22.3. The van der Waals surface area contributed by atoms with Crippen LogP contribution in [0.5, 0.6) is 5.75 Å². The summed E-state index contributed by atoms with van der Waals surface area (Å²) in [6.45, 7) is 1.13. The second kappa shape index (κ2) is 10.3. The summed E-state index contributed by atoms with van der Waals surface area (Å²) in [5.74, 6) is 2.00. The lowest BCUT2D eigenvalue weighted by Crippen LogP contribution is -2.55. The molecule has 2 aromatic carbocycles. The van der Waals surface area contributed by atoms with E-state index in [0.29, 0.717) is 18.8 Å². The third kappa shape index (κ3) is 5.28. The molecule has 1 aliphatic rings. The molecule has 0 saturated carbocycles. The molecule has 2 aromatic rings. The van der Waals surface area contributed by atoms with E-state index in [4.69, 9.17) is 16.0 Å². The summed E-state index contributed by atoms with van der Waals surface area (Å²) in [5.41, 5.74) is 3.50. The Labute approximate surface area is 190 Å². The Morgan fingerprint density at radius 3 is 2.39 bits per heavy atom. The molecule has 3 rings (SSSR count). The zero-order valence-electron chi connectivity index (χ0n) is 16.8. The second-order valence-corrected chi connectivity index (χ2v) is 10.2. The number of carbonyl (C=O) groups is 1. The second-order valence-electron chi connectivity index (χ2n) is 7.05. The van der Waals surface area contributed by atoms with E-state index < -0.39 is 20.6 Å². The molecule has 0 atom stereocenters.